The topological polar surface area (TPSA) is 17.1 Å². The molecule has 0 unspecified atom stereocenters. The van der Waals surface area contributed by atoms with Crippen molar-refractivity contribution in [1.29, 1.82) is 0 Å². The molecule has 0 aliphatic heterocycles. The summed E-state index contributed by atoms with van der Waals surface area (Å²) in [4.78, 5) is 0. The van der Waals surface area contributed by atoms with E-state index in [4.69, 9.17) is 0 Å². The highest BCUT2D eigenvalue weighted by molar-refractivity contribution is 8.79. The van der Waals surface area contributed by atoms with Gasteiger partial charge in [0.1, 0.15) is 0 Å². The van der Waals surface area contributed by atoms with Crippen LogP contribution < -0.4 is 0 Å². The Labute approximate surface area is 39.8 Å². The SMILES string of the molecule is O=P(F)(S)S. The molecule has 0 heterocycles. The second-order valence-corrected chi connectivity index (χ2v) is 5.45. The fourth-order valence-corrected chi connectivity index (χ4v) is 0. The molecule has 5 heavy (non-hydrogen) atoms. The van der Waals surface area contributed by atoms with Crippen molar-refractivity contribution < 1.29 is 8.76 Å². The molecule has 0 aliphatic carbocycles. The summed E-state index contributed by atoms with van der Waals surface area (Å²) in [6, 6.07) is 0. The maximum atomic E-state index is 11.0. The molecule has 0 atom stereocenters. The van der Waals surface area contributed by atoms with Gasteiger partial charge in [-0.1, -0.05) is 24.5 Å². The van der Waals surface area contributed by atoms with Crippen LogP contribution in [0.4, 0.5) is 4.20 Å². The van der Waals surface area contributed by atoms with E-state index < -0.39 is 5.86 Å². The van der Waals surface area contributed by atoms with E-state index in [2.05, 4.69) is 24.5 Å². The first kappa shape index (κ1) is 5.86. The van der Waals surface area contributed by atoms with Gasteiger partial charge in [-0.05, 0) is 0 Å². The molecule has 0 saturated carbocycles. The maximum absolute atomic E-state index is 11.0. The molecular formula is H2FOPS2. The molecule has 0 aliphatic rings. The third-order valence-electron chi connectivity index (χ3n) is 0. The van der Waals surface area contributed by atoms with Crippen LogP contribution >= 0.6 is 30.4 Å². The van der Waals surface area contributed by atoms with Crippen LogP contribution in [-0.4, -0.2) is 0 Å². The monoisotopic (exact) mass is 132 g/mol. The van der Waals surface area contributed by atoms with Crippen molar-refractivity contribution in [3.63, 3.8) is 0 Å². The van der Waals surface area contributed by atoms with Crippen LogP contribution in [0.2, 0.25) is 0 Å². The zero-order valence-corrected chi connectivity index (χ0v) is 4.81. The number of rotatable bonds is 0. The van der Waals surface area contributed by atoms with Crippen LogP contribution in [0.15, 0.2) is 0 Å². The van der Waals surface area contributed by atoms with Gasteiger partial charge in [-0.25, -0.2) is 0 Å². The van der Waals surface area contributed by atoms with Gasteiger partial charge in [0.15, 0.2) is 0 Å². The van der Waals surface area contributed by atoms with Crippen molar-refractivity contribution in [1.82, 2.24) is 0 Å². The average Bonchev–Trinajstić information content (AvgIpc) is 0.722. The van der Waals surface area contributed by atoms with Crippen molar-refractivity contribution in [2.45, 2.75) is 0 Å². The van der Waals surface area contributed by atoms with Crippen molar-refractivity contribution in [3.05, 3.63) is 0 Å². The van der Waals surface area contributed by atoms with E-state index in [0.29, 0.717) is 0 Å². The minimum Gasteiger partial charge on any atom is -0.264 e. The van der Waals surface area contributed by atoms with Gasteiger partial charge in [-0.3, -0.25) is 4.57 Å². The second kappa shape index (κ2) is 1.54. The van der Waals surface area contributed by atoms with E-state index in [0.717, 1.165) is 0 Å². The molecule has 0 aromatic heterocycles. The fourth-order valence-electron chi connectivity index (χ4n) is 0. The first-order valence-corrected chi connectivity index (χ1v) is 4.65. The van der Waals surface area contributed by atoms with Gasteiger partial charge in [0.05, 0.1) is 0 Å². The van der Waals surface area contributed by atoms with Crippen molar-refractivity contribution in [3.8, 4) is 0 Å². The summed E-state index contributed by atoms with van der Waals surface area (Å²) < 4.78 is 20.2. The Morgan fingerprint density at radius 3 is 1.60 bits per heavy atom. The van der Waals surface area contributed by atoms with Crippen LogP contribution in [0.5, 0.6) is 0 Å². The lowest BCUT2D eigenvalue weighted by Crippen LogP contribution is -1.24. The van der Waals surface area contributed by atoms with E-state index in [-0.39, 0.29) is 0 Å². The van der Waals surface area contributed by atoms with E-state index in [1.807, 2.05) is 0 Å². The highest BCUT2D eigenvalue weighted by atomic mass is 33.1. The summed E-state index contributed by atoms with van der Waals surface area (Å²) in [7, 11) is 0. The van der Waals surface area contributed by atoms with Crippen LogP contribution in [0.3, 0.4) is 0 Å². The highest BCUT2D eigenvalue weighted by Gasteiger charge is 2.00. The predicted molar refractivity (Wildman–Crippen MR) is 26.7 cm³/mol. The van der Waals surface area contributed by atoms with Gasteiger partial charge in [0, 0.05) is 0 Å². The Morgan fingerprint density at radius 1 is 1.60 bits per heavy atom. The summed E-state index contributed by atoms with van der Waals surface area (Å²) in [5.74, 6) is -3.75. The molecule has 32 valence electrons. The van der Waals surface area contributed by atoms with E-state index in [1.165, 1.54) is 0 Å². The molecule has 0 bridgehead atoms. The molecule has 0 spiro atoms. The molecule has 0 amide bonds. The van der Waals surface area contributed by atoms with Crippen molar-refractivity contribution >= 4 is 30.4 Å². The first-order valence-electron chi connectivity index (χ1n) is 0.752. The van der Waals surface area contributed by atoms with Gasteiger partial charge < -0.3 is 0 Å². The largest absolute Gasteiger partial charge is 0.344 e. The highest BCUT2D eigenvalue weighted by Crippen LogP contribution is 2.56. The van der Waals surface area contributed by atoms with Crippen LogP contribution in [0.1, 0.15) is 0 Å². The third kappa shape index (κ3) is 53.7. The number of thiol groups is 2. The van der Waals surface area contributed by atoms with Crippen molar-refractivity contribution in [2.75, 3.05) is 0 Å². The molecule has 0 aromatic carbocycles. The lowest BCUT2D eigenvalue weighted by molar-refractivity contribution is 0.569. The summed E-state index contributed by atoms with van der Waals surface area (Å²) in [5, 5.41) is 0. The molecule has 0 saturated heterocycles. The smallest absolute Gasteiger partial charge is 0.264 e. The van der Waals surface area contributed by atoms with E-state index in [9.17, 15) is 8.76 Å². The van der Waals surface area contributed by atoms with Gasteiger partial charge in [-0.15, -0.1) is 0 Å². The summed E-state index contributed by atoms with van der Waals surface area (Å²) in [5.41, 5.74) is 0. The Kier molecular flexibility index (Phi) is 1.80. The molecule has 5 heteroatoms. The Morgan fingerprint density at radius 2 is 1.60 bits per heavy atom. The predicted octanol–water partition coefficient (Wildman–Crippen LogP) is 1.92. The molecule has 0 rings (SSSR count). The zero-order valence-electron chi connectivity index (χ0n) is 2.13. The summed E-state index contributed by atoms with van der Waals surface area (Å²) >= 11 is 5.75. The molecule has 0 N–H and O–H groups in total. The van der Waals surface area contributed by atoms with Gasteiger partial charge in [0.2, 0.25) is 0 Å². The number of hydrogen-bond acceptors (Lipinski definition) is 1. The standard InChI is InChI=1S/FH2OPS2/c1-3(2,4)5/h(H2,2,4,5). The lowest BCUT2D eigenvalue weighted by atomic mass is 16.0. The van der Waals surface area contributed by atoms with Crippen LogP contribution in [-0.2, 0) is 4.57 Å². The lowest BCUT2D eigenvalue weighted by Gasteiger charge is -1.78. The van der Waals surface area contributed by atoms with E-state index >= 15 is 0 Å². The normalized spacial score (nSPS) is 11.8. The Bertz CT molecular complexity index is 55.8. The Balaban J connectivity index is 3.47. The second-order valence-electron chi connectivity index (χ2n) is 0.473. The van der Waals surface area contributed by atoms with Gasteiger partial charge in [-0.2, -0.15) is 4.20 Å². The van der Waals surface area contributed by atoms with Crippen molar-refractivity contribution in [2.24, 2.45) is 0 Å². The quantitative estimate of drug-likeness (QED) is 0.380. The minimum atomic E-state index is -3.75. The zero-order chi connectivity index (χ0) is 4.50. The molecule has 0 aromatic rings. The molecular weight excluding hydrogens is 130 g/mol. The first-order chi connectivity index (χ1) is 2.00. The van der Waals surface area contributed by atoms with Gasteiger partial charge in [0.25, 0.3) is 0 Å². The minimum absolute atomic E-state index is 2.88. The summed E-state index contributed by atoms with van der Waals surface area (Å²) in [6.45, 7) is 0. The van der Waals surface area contributed by atoms with Gasteiger partial charge >= 0.3 is 5.86 Å². The van der Waals surface area contributed by atoms with E-state index in [1.54, 1.807) is 0 Å². The Hall–Kier alpha value is 0.860. The number of halogens is 1. The molecule has 0 radical (unpaired) electrons. The molecule has 1 nitrogen and oxygen atoms in total. The van der Waals surface area contributed by atoms with Crippen LogP contribution in [0.25, 0.3) is 0 Å². The third-order valence-corrected chi connectivity index (χ3v) is 0. The maximum Gasteiger partial charge on any atom is 0.344 e. The van der Waals surface area contributed by atoms with Crippen LogP contribution in [0, 0.1) is 0 Å². The number of hydrogen-bond donors (Lipinski definition) is 2. The fraction of sp³-hybridized carbons (Fsp3) is 0. The summed E-state index contributed by atoms with van der Waals surface area (Å²) in [6.07, 6.45) is 0. The average molecular weight is 132 g/mol. The molecule has 0 fully saturated rings.